The maximum atomic E-state index is 13.1. The van der Waals surface area contributed by atoms with Crippen LogP contribution in [0.4, 0.5) is 24.5 Å². The number of fused-ring (bicyclic) bond motifs is 1. The van der Waals surface area contributed by atoms with Crippen LogP contribution in [-0.4, -0.2) is 37.0 Å². The number of esters is 1. The lowest BCUT2D eigenvalue weighted by molar-refractivity contribution is -0.147. The molecule has 0 saturated heterocycles. The number of carbonyl (C=O) groups excluding carboxylic acids is 3. The minimum Gasteiger partial charge on any atom is -0.479 e. The van der Waals surface area contributed by atoms with Gasteiger partial charge in [-0.2, -0.15) is 13.2 Å². The molecular weight excluding hydrogens is 453 g/mol. The number of hydrogen-bond donors (Lipinski definition) is 1. The second-order valence-electron chi connectivity index (χ2n) is 6.86. The van der Waals surface area contributed by atoms with Gasteiger partial charge < -0.3 is 19.7 Å². The van der Waals surface area contributed by atoms with Gasteiger partial charge in [-0.3, -0.25) is 14.4 Å². The van der Waals surface area contributed by atoms with E-state index in [-0.39, 0.29) is 23.9 Å². The summed E-state index contributed by atoms with van der Waals surface area (Å²) in [4.78, 5) is 37.8. The molecule has 1 aliphatic rings. The summed E-state index contributed by atoms with van der Waals surface area (Å²) >= 11 is 5.59. The molecule has 0 bridgehead atoms. The maximum absolute atomic E-state index is 13.1. The van der Waals surface area contributed by atoms with Crippen LogP contribution in [0.1, 0.15) is 18.9 Å². The number of halogens is 4. The number of amides is 2. The molecule has 0 aliphatic carbocycles. The number of rotatable bonds is 6. The van der Waals surface area contributed by atoms with Gasteiger partial charge in [0.2, 0.25) is 0 Å². The van der Waals surface area contributed by atoms with Crippen LogP contribution < -0.4 is 15.0 Å². The molecular formula is C21H18ClF3N2O5. The summed E-state index contributed by atoms with van der Waals surface area (Å²) in [6.45, 7) is 0.780. The molecule has 11 heteroatoms. The van der Waals surface area contributed by atoms with Gasteiger partial charge in [-0.25, -0.2) is 0 Å². The molecule has 3 rings (SSSR count). The van der Waals surface area contributed by atoms with E-state index < -0.39 is 42.0 Å². The maximum Gasteiger partial charge on any atom is 0.418 e. The Morgan fingerprint density at radius 2 is 1.94 bits per heavy atom. The minimum absolute atomic E-state index is 0.0145. The molecule has 7 nitrogen and oxygen atoms in total. The number of carbonyl (C=O) groups is 3. The summed E-state index contributed by atoms with van der Waals surface area (Å²) in [6.07, 6.45) is -5.69. The largest absolute Gasteiger partial charge is 0.479 e. The Hall–Kier alpha value is -3.27. The van der Waals surface area contributed by atoms with Crippen molar-refractivity contribution in [2.45, 2.75) is 25.6 Å². The summed E-state index contributed by atoms with van der Waals surface area (Å²) < 4.78 is 49.6. The zero-order valence-electron chi connectivity index (χ0n) is 16.7. The standard InChI is InChI=1S/C21H18ClF3N2O5/c1-12-20(30)27(16-4-2-3-5-17(16)32-12)9-8-19(29)31-11-18(28)26-15-7-6-13(22)10-14(15)21(23,24)25/h2-7,10,12H,8-9,11H2,1H3,(H,26,28). The fourth-order valence-corrected chi connectivity index (χ4v) is 3.23. The minimum atomic E-state index is -4.73. The number of nitrogens with zero attached hydrogens (tertiary/aromatic N) is 1. The summed E-state index contributed by atoms with van der Waals surface area (Å²) in [7, 11) is 0. The fraction of sp³-hybridized carbons (Fsp3) is 0.286. The summed E-state index contributed by atoms with van der Waals surface area (Å²) in [6, 6.07) is 9.71. The fourth-order valence-electron chi connectivity index (χ4n) is 3.06. The van der Waals surface area contributed by atoms with Crippen molar-refractivity contribution >= 4 is 40.8 Å². The Balaban J connectivity index is 1.55. The van der Waals surface area contributed by atoms with Crippen molar-refractivity contribution < 1.29 is 37.0 Å². The lowest BCUT2D eigenvalue weighted by atomic mass is 10.1. The van der Waals surface area contributed by atoms with Crippen LogP contribution in [0.2, 0.25) is 5.02 Å². The number of benzene rings is 2. The van der Waals surface area contributed by atoms with E-state index in [4.69, 9.17) is 21.1 Å². The van der Waals surface area contributed by atoms with Crippen molar-refractivity contribution in [1.82, 2.24) is 0 Å². The van der Waals surface area contributed by atoms with E-state index in [1.165, 1.54) is 11.0 Å². The monoisotopic (exact) mass is 470 g/mol. The van der Waals surface area contributed by atoms with Gasteiger partial charge in [-0.1, -0.05) is 23.7 Å². The first kappa shape index (κ1) is 23.4. The van der Waals surface area contributed by atoms with Crippen molar-refractivity contribution in [3.8, 4) is 5.75 Å². The third-order valence-electron chi connectivity index (χ3n) is 4.54. The molecule has 0 fully saturated rings. The molecule has 170 valence electrons. The highest BCUT2D eigenvalue weighted by molar-refractivity contribution is 6.30. The lowest BCUT2D eigenvalue weighted by Gasteiger charge is -2.32. The predicted molar refractivity (Wildman–Crippen MR) is 110 cm³/mol. The van der Waals surface area contributed by atoms with E-state index in [1.54, 1.807) is 31.2 Å². The van der Waals surface area contributed by atoms with Gasteiger partial charge >= 0.3 is 12.1 Å². The smallest absolute Gasteiger partial charge is 0.418 e. The number of para-hydroxylation sites is 2. The average Bonchev–Trinajstić information content (AvgIpc) is 2.73. The van der Waals surface area contributed by atoms with Crippen LogP contribution in [0.3, 0.4) is 0 Å². The van der Waals surface area contributed by atoms with Gasteiger partial charge in [0.15, 0.2) is 12.7 Å². The van der Waals surface area contributed by atoms with E-state index in [0.717, 1.165) is 6.07 Å². The summed E-state index contributed by atoms with van der Waals surface area (Å²) in [5.74, 6) is -1.59. The van der Waals surface area contributed by atoms with Crippen molar-refractivity contribution in [3.05, 3.63) is 53.1 Å². The highest BCUT2D eigenvalue weighted by Gasteiger charge is 2.34. The van der Waals surface area contributed by atoms with Gasteiger partial charge in [0.05, 0.1) is 23.4 Å². The molecule has 0 aromatic heterocycles. The molecule has 1 aliphatic heterocycles. The van der Waals surface area contributed by atoms with Crippen LogP contribution in [0.5, 0.6) is 5.75 Å². The highest BCUT2D eigenvalue weighted by Crippen LogP contribution is 2.36. The summed E-state index contributed by atoms with van der Waals surface area (Å²) in [5, 5.41) is 1.91. The topological polar surface area (TPSA) is 84.9 Å². The number of nitrogens with one attached hydrogen (secondary N) is 1. The first-order valence-corrected chi connectivity index (χ1v) is 9.83. The van der Waals surface area contributed by atoms with Crippen LogP contribution in [0.15, 0.2) is 42.5 Å². The van der Waals surface area contributed by atoms with Crippen molar-refractivity contribution in [2.75, 3.05) is 23.4 Å². The molecule has 2 aromatic rings. The van der Waals surface area contributed by atoms with E-state index >= 15 is 0 Å². The van der Waals surface area contributed by atoms with Crippen LogP contribution >= 0.6 is 11.6 Å². The van der Waals surface area contributed by atoms with Crippen LogP contribution in [0, 0.1) is 0 Å². The summed E-state index contributed by atoms with van der Waals surface area (Å²) in [5.41, 5.74) is -1.13. The lowest BCUT2D eigenvalue weighted by Crippen LogP contribution is -2.45. The Bertz CT molecular complexity index is 1040. The molecule has 1 unspecified atom stereocenters. The normalized spacial score (nSPS) is 15.6. The van der Waals surface area contributed by atoms with E-state index in [1.807, 2.05) is 0 Å². The molecule has 1 atom stereocenters. The molecule has 2 aromatic carbocycles. The van der Waals surface area contributed by atoms with Crippen molar-refractivity contribution in [2.24, 2.45) is 0 Å². The Kier molecular flexibility index (Phi) is 6.93. The van der Waals surface area contributed by atoms with E-state index in [2.05, 4.69) is 5.32 Å². The van der Waals surface area contributed by atoms with Gasteiger partial charge in [0, 0.05) is 11.6 Å². The second kappa shape index (κ2) is 9.47. The van der Waals surface area contributed by atoms with Crippen LogP contribution in [0.25, 0.3) is 0 Å². The first-order chi connectivity index (χ1) is 15.1. The molecule has 0 radical (unpaired) electrons. The molecule has 2 amide bonds. The predicted octanol–water partition coefficient (Wildman–Crippen LogP) is 4.04. The average molecular weight is 471 g/mol. The molecule has 1 N–H and O–H groups in total. The zero-order chi connectivity index (χ0) is 23.5. The number of alkyl halides is 3. The van der Waals surface area contributed by atoms with Crippen molar-refractivity contribution in [3.63, 3.8) is 0 Å². The molecule has 32 heavy (non-hydrogen) atoms. The number of hydrogen-bond acceptors (Lipinski definition) is 5. The number of anilines is 2. The third kappa shape index (κ3) is 5.50. The second-order valence-corrected chi connectivity index (χ2v) is 7.30. The highest BCUT2D eigenvalue weighted by atomic mass is 35.5. The van der Waals surface area contributed by atoms with Gasteiger partial charge in [-0.05, 0) is 37.3 Å². The quantitative estimate of drug-likeness (QED) is 0.644. The Labute approximate surface area is 186 Å². The van der Waals surface area contributed by atoms with Gasteiger partial charge in [-0.15, -0.1) is 0 Å². The van der Waals surface area contributed by atoms with Crippen LogP contribution in [-0.2, 0) is 25.3 Å². The first-order valence-electron chi connectivity index (χ1n) is 9.45. The van der Waals surface area contributed by atoms with Gasteiger partial charge in [0.1, 0.15) is 5.75 Å². The van der Waals surface area contributed by atoms with Gasteiger partial charge in [0.25, 0.3) is 11.8 Å². The van der Waals surface area contributed by atoms with E-state index in [0.29, 0.717) is 17.5 Å². The Morgan fingerprint density at radius 3 is 2.66 bits per heavy atom. The SMILES string of the molecule is CC1Oc2ccccc2N(CCC(=O)OCC(=O)Nc2ccc(Cl)cc2C(F)(F)F)C1=O. The molecule has 1 heterocycles. The molecule has 0 spiro atoms. The number of ether oxygens (including phenoxy) is 2. The third-order valence-corrected chi connectivity index (χ3v) is 4.77. The molecule has 0 saturated carbocycles. The van der Waals surface area contributed by atoms with Crippen molar-refractivity contribution in [1.29, 1.82) is 0 Å². The van der Waals surface area contributed by atoms with E-state index in [9.17, 15) is 27.6 Å². The Morgan fingerprint density at radius 1 is 1.22 bits per heavy atom. The zero-order valence-corrected chi connectivity index (χ0v) is 17.5.